The van der Waals surface area contributed by atoms with E-state index in [-0.39, 0.29) is 25.0 Å². The third kappa shape index (κ3) is 5.35. The molecule has 0 spiro atoms. The molecule has 1 N–H and O–H groups in total. The second-order valence-corrected chi connectivity index (χ2v) is 9.55. The SMILES string of the molecule is CCOC(=O)C1=C(c2ccccc2)N=C2SC=C(CC(=O)N[C@@H](C)CC)N2[C@H]1c1cccc(C)c1. The largest absolute Gasteiger partial charge is 0.463 e. The first-order chi connectivity index (χ1) is 16.9. The number of esters is 1. The summed E-state index contributed by atoms with van der Waals surface area (Å²) < 4.78 is 5.55. The Hall–Kier alpha value is -3.32. The normalized spacial score (nSPS) is 17.9. The number of ether oxygens (including phenoxy) is 1. The first-order valence-corrected chi connectivity index (χ1v) is 12.9. The van der Waals surface area contributed by atoms with Crippen LogP contribution in [0.3, 0.4) is 0 Å². The molecule has 2 atom stereocenters. The van der Waals surface area contributed by atoms with E-state index in [9.17, 15) is 9.59 Å². The molecule has 0 unspecified atom stereocenters. The molecule has 35 heavy (non-hydrogen) atoms. The molecule has 182 valence electrons. The molecule has 2 heterocycles. The first-order valence-electron chi connectivity index (χ1n) is 12.0. The van der Waals surface area contributed by atoms with Crippen molar-refractivity contribution in [3.05, 3.63) is 88.0 Å². The Labute approximate surface area is 211 Å². The van der Waals surface area contributed by atoms with Crippen molar-refractivity contribution in [2.45, 2.75) is 52.6 Å². The van der Waals surface area contributed by atoms with E-state index in [0.29, 0.717) is 11.3 Å². The third-order valence-electron chi connectivity index (χ3n) is 6.07. The fraction of sp³-hybridized carbons (Fsp3) is 0.321. The van der Waals surface area contributed by atoms with Gasteiger partial charge in [0.05, 0.1) is 30.3 Å². The molecule has 2 aliphatic rings. The number of carbonyl (C=O) groups excluding carboxylic acids is 2. The van der Waals surface area contributed by atoms with Crippen LogP contribution in [0.1, 0.15) is 56.3 Å². The summed E-state index contributed by atoms with van der Waals surface area (Å²) >= 11 is 1.48. The van der Waals surface area contributed by atoms with Crippen LogP contribution in [0.25, 0.3) is 5.70 Å². The highest BCUT2D eigenvalue weighted by Gasteiger charge is 2.42. The Morgan fingerprint density at radius 2 is 1.91 bits per heavy atom. The Bertz CT molecular complexity index is 1200. The van der Waals surface area contributed by atoms with Crippen LogP contribution in [-0.4, -0.2) is 34.6 Å². The highest BCUT2D eigenvalue weighted by molar-refractivity contribution is 8.16. The molecule has 6 nitrogen and oxygen atoms in total. The van der Waals surface area contributed by atoms with Crippen molar-refractivity contribution < 1.29 is 14.3 Å². The number of nitrogens with zero attached hydrogens (tertiary/aromatic N) is 2. The number of thioether (sulfide) groups is 1. The molecule has 0 bridgehead atoms. The number of aliphatic imine (C=N–C) groups is 1. The summed E-state index contributed by atoms with van der Waals surface area (Å²) in [6, 6.07) is 17.5. The van der Waals surface area contributed by atoms with E-state index in [1.54, 1.807) is 6.92 Å². The average molecular weight is 490 g/mol. The quantitative estimate of drug-likeness (QED) is 0.491. The van der Waals surface area contributed by atoms with E-state index in [1.807, 2.05) is 79.6 Å². The van der Waals surface area contributed by atoms with Crippen LogP contribution >= 0.6 is 11.8 Å². The maximum Gasteiger partial charge on any atom is 0.338 e. The third-order valence-corrected chi connectivity index (χ3v) is 6.96. The van der Waals surface area contributed by atoms with Gasteiger partial charge in [0.2, 0.25) is 5.91 Å². The van der Waals surface area contributed by atoms with Gasteiger partial charge in [-0.3, -0.25) is 4.79 Å². The van der Waals surface area contributed by atoms with Gasteiger partial charge < -0.3 is 15.0 Å². The van der Waals surface area contributed by atoms with Crippen LogP contribution in [0.5, 0.6) is 0 Å². The Balaban J connectivity index is 1.84. The summed E-state index contributed by atoms with van der Waals surface area (Å²) in [5.41, 5.74) is 4.78. The van der Waals surface area contributed by atoms with Gasteiger partial charge in [-0.05, 0) is 38.2 Å². The smallest absolute Gasteiger partial charge is 0.338 e. The van der Waals surface area contributed by atoms with Crippen LogP contribution < -0.4 is 5.32 Å². The first kappa shape index (κ1) is 24.8. The number of hydrogen-bond acceptors (Lipinski definition) is 6. The fourth-order valence-electron chi connectivity index (χ4n) is 4.24. The van der Waals surface area contributed by atoms with Crippen LogP contribution in [0.4, 0.5) is 0 Å². The second-order valence-electron chi connectivity index (χ2n) is 8.71. The van der Waals surface area contributed by atoms with Crippen molar-refractivity contribution in [2.24, 2.45) is 4.99 Å². The zero-order valence-corrected chi connectivity index (χ0v) is 21.4. The average Bonchev–Trinajstić information content (AvgIpc) is 3.25. The lowest BCUT2D eigenvalue weighted by Crippen LogP contribution is -2.39. The molecule has 4 rings (SSSR count). The molecule has 0 aromatic heterocycles. The number of aryl methyl sites for hydroxylation is 1. The molecule has 2 aliphatic heterocycles. The highest BCUT2D eigenvalue weighted by Crippen LogP contribution is 2.47. The van der Waals surface area contributed by atoms with Crippen LogP contribution in [-0.2, 0) is 14.3 Å². The fourth-order valence-corrected chi connectivity index (χ4v) is 5.16. The number of benzene rings is 2. The topological polar surface area (TPSA) is 71.0 Å². The molecule has 2 aromatic rings. The monoisotopic (exact) mass is 489 g/mol. The molecular formula is C28H31N3O3S. The Morgan fingerprint density at radius 3 is 2.60 bits per heavy atom. The number of amides is 1. The minimum atomic E-state index is -0.464. The lowest BCUT2D eigenvalue weighted by molar-refractivity contribution is -0.139. The van der Waals surface area contributed by atoms with Gasteiger partial charge in [-0.25, -0.2) is 9.79 Å². The van der Waals surface area contributed by atoms with Gasteiger partial charge in [-0.15, -0.1) is 0 Å². The van der Waals surface area contributed by atoms with Crippen molar-refractivity contribution in [2.75, 3.05) is 6.61 Å². The van der Waals surface area contributed by atoms with E-state index >= 15 is 0 Å². The van der Waals surface area contributed by atoms with Gasteiger partial charge in [0.15, 0.2) is 5.17 Å². The molecule has 7 heteroatoms. The lowest BCUT2D eigenvalue weighted by atomic mass is 9.90. The van der Waals surface area contributed by atoms with Crippen LogP contribution in [0, 0.1) is 6.92 Å². The molecule has 2 aromatic carbocycles. The number of carbonyl (C=O) groups is 2. The number of hydrogen-bond donors (Lipinski definition) is 1. The van der Waals surface area contributed by atoms with Gasteiger partial charge in [0.25, 0.3) is 0 Å². The maximum atomic E-state index is 13.5. The molecule has 0 fully saturated rings. The Morgan fingerprint density at radius 1 is 1.14 bits per heavy atom. The summed E-state index contributed by atoms with van der Waals surface area (Å²) in [6.07, 6.45) is 1.06. The summed E-state index contributed by atoms with van der Waals surface area (Å²) in [5, 5.41) is 5.76. The summed E-state index contributed by atoms with van der Waals surface area (Å²) in [4.78, 5) is 33.2. The minimum Gasteiger partial charge on any atom is -0.463 e. The minimum absolute atomic E-state index is 0.0500. The van der Waals surface area contributed by atoms with E-state index in [1.165, 1.54) is 11.8 Å². The zero-order chi connectivity index (χ0) is 24.9. The molecule has 0 saturated heterocycles. The van der Waals surface area contributed by atoms with Gasteiger partial charge in [0, 0.05) is 17.3 Å². The maximum absolute atomic E-state index is 13.5. The summed E-state index contributed by atoms with van der Waals surface area (Å²) in [7, 11) is 0. The van der Waals surface area contributed by atoms with Crippen molar-refractivity contribution in [1.29, 1.82) is 0 Å². The van der Waals surface area contributed by atoms with E-state index in [2.05, 4.69) is 11.4 Å². The summed E-state index contributed by atoms with van der Waals surface area (Å²) in [6.45, 7) is 8.13. The van der Waals surface area contributed by atoms with Crippen molar-refractivity contribution >= 4 is 34.5 Å². The number of amidine groups is 1. The van der Waals surface area contributed by atoms with Crippen molar-refractivity contribution in [3.8, 4) is 0 Å². The van der Waals surface area contributed by atoms with Crippen LogP contribution in [0.2, 0.25) is 0 Å². The lowest BCUT2D eigenvalue weighted by Gasteiger charge is -2.37. The van der Waals surface area contributed by atoms with Gasteiger partial charge >= 0.3 is 5.97 Å². The van der Waals surface area contributed by atoms with Gasteiger partial charge in [0.1, 0.15) is 0 Å². The second kappa shape index (κ2) is 11.0. The summed E-state index contributed by atoms with van der Waals surface area (Å²) in [5.74, 6) is -0.452. The number of rotatable bonds is 8. The zero-order valence-electron chi connectivity index (χ0n) is 20.6. The van der Waals surface area contributed by atoms with E-state index < -0.39 is 12.0 Å². The van der Waals surface area contributed by atoms with E-state index in [4.69, 9.17) is 9.73 Å². The van der Waals surface area contributed by atoms with Crippen molar-refractivity contribution in [3.63, 3.8) is 0 Å². The molecule has 0 radical (unpaired) electrons. The molecule has 0 aliphatic carbocycles. The van der Waals surface area contributed by atoms with Gasteiger partial charge in [-0.2, -0.15) is 0 Å². The number of nitrogens with one attached hydrogen (secondary N) is 1. The molecular weight excluding hydrogens is 458 g/mol. The highest BCUT2D eigenvalue weighted by atomic mass is 32.2. The van der Waals surface area contributed by atoms with Gasteiger partial charge in [-0.1, -0.05) is 78.8 Å². The number of fused-ring (bicyclic) bond motifs is 1. The van der Waals surface area contributed by atoms with Crippen LogP contribution in [0.15, 0.2) is 76.3 Å². The molecule has 0 saturated carbocycles. The van der Waals surface area contributed by atoms with Crippen molar-refractivity contribution in [1.82, 2.24) is 10.2 Å². The standard InChI is InChI=1S/C28H31N3O3S/c1-5-19(4)29-23(32)16-22-17-35-28-30-25(20-12-8-7-9-13-20)24(27(33)34-6-2)26(31(22)28)21-14-10-11-18(3)15-21/h7-15,17,19,26H,5-6,16H2,1-4H3,(H,29,32)/t19-,26-/m0/s1. The molecule has 1 amide bonds. The predicted octanol–water partition coefficient (Wildman–Crippen LogP) is 5.58. The van der Waals surface area contributed by atoms with E-state index in [0.717, 1.165) is 34.0 Å². The Kier molecular flexibility index (Phi) is 7.76. The predicted molar refractivity (Wildman–Crippen MR) is 141 cm³/mol.